The average molecular weight is 346 g/mol. The molecule has 4 heteroatoms. The van der Waals surface area contributed by atoms with Gasteiger partial charge in [0.2, 0.25) is 0 Å². The summed E-state index contributed by atoms with van der Waals surface area (Å²) in [6, 6.07) is 23.4. The Bertz CT molecular complexity index is 835. The van der Waals surface area contributed by atoms with Gasteiger partial charge in [-0.2, -0.15) is 4.73 Å². The molecular formula is C22H22N2O2. The zero-order valence-corrected chi connectivity index (χ0v) is 14.5. The van der Waals surface area contributed by atoms with Crippen LogP contribution in [0.1, 0.15) is 40.4 Å². The Kier molecular flexibility index (Phi) is 5.99. The van der Waals surface area contributed by atoms with E-state index in [0.29, 0.717) is 10.3 Å². The largest absolute Gasteiger partial charge is 0.619 e. The molecule has 132 valence electrons. The molecule has 0 fully saturated rings. The maximum absolute atomic E-state index is 12.6. The van der Waals surface area contributed by atoms with Gasteiger partial charge >= 0.3 is 0 Å². The molecule has 1 atom stereocenters. The third-order valence-corrected chi connectivity index (χ3v) is 4.35. The Morgan fingerprint density at radius 1 is 0.962 bits per heavy atom. The number of hydrogen-bond acceptors (Lipinski definition) is 2. The number of nitrogens with zero attached hydrogens (tertiary/aromatic N) is 1. The van der Waals surface area contributed by atoms with Gasteiger partial charge in [-0.15, -0.1) is 0 Å². The first-order valence-corrected chi connectivity index (χ1v) is 8.81. The van der Waals surface area contributed by atoms with Crippen molar-refractivity contribution in [2.45, 2.75) is 25.3 Å². The third-order valence-electron chi connectivity index (χ3n) is 4.35. The highest BCUT2D eigenvalue weighted by atomic mass is 16.5. The Balaban J connectivity index is 1.68. The molecule has 3 rings (SSSR count). The van der Waals surface area contributed by atoms with E-state index in [2.05, 4.69) is 17.4 Å². The first kappa shape index (κ1) is 17.7. The van der Waals surface area contributed by atoms with E-state index in [4.69, 9.17) is 0 Å². The highest BCUT2D eigenvalue weighted by Crippen LogP contribution is 2.20. The third kappa shape index (κ3) is 4.93. The van der Waals surface area contributed by atoms with Crippen LogP contribution in [0.2, 0.25) is 0 Å². The predicted octanol–water partition coefficient (Wildman–Crippen LogP) is 3.81. The van der Waals surface area contributed by atoms with Crippen molar-refractivity contribution in [1.29, 1.82) is 0 Å². The van der Waals surface area contributed by atoms with Gasteiger partial charge in [0.15, 0.2) is 12.4 Å². The number of pyridine rings is 1. The van der Waals surface area contributed by atoms with Gasteiger partial charge in [0.05, 0.1) is 6.04 Å². The molecule has 2 aromatic carbocycles. The lowest BCUT2D eigenvalue weighted by molar-refractivity contribution is -0.605. The van der Waals surface area contributed by atoms with Crippen LogP contribution in [0.4, 0.5) is 0 Å². The number of benzene rings is 2. The Labute approximate surface area is 153 Å². The summed E-state index contributed by atoms with van der Waals surface area (Å²) in [7, 11) is 0. The van der Waals surface area contributed by atoms with Crippen molar-refractivity contribution >= 4 is 5.91 Å². The summed E-state index contributed by atoms with van der Waals surface area (Å²) in [5.74, 6) is -0.233. The minimum atomic E-state index is -0.233. The lowest BCUT2D eigenvalue weighted by Gasteiger charge is -2.19. The fourth-order valence-corrected chi connectivity index (χ4v) is 2.99. The van der Waals surface area contributed by atoms with Crippen molar-refractivity contribution in [3.8, 4) is 0 Å². The Hall–Kier alpha value is -3.14. The maximum Gasteiger partial charge on any atom is 0.257 e. The van der Waals surface area contributed by atoms with E-state index in [1.165, 1.54) is 18.0 Å². The molecule has 0 radical (unpaired) electrons. The van der Waals surface area contributed by atoms with Crippen LogP contribution in [0.3, 0.4) is 0 Å². The molecule has 0 bridgehead atoms. The highest BCUT2D eigenvalue weighted by Gasteiger charge is 2.17. The van der Waals surface area contributed by atoms with Crippen molar-refractivity contribution in [2.24, 2.45) is 0 Å². The summed E-state index contributed by atoms with van der Waals surface area (Å²) in [4.78, 5) is 12.6. The molecule has 0 unspecified atom stereocenters. The standard InChI is InChI=1S/C22H22N2O2/c25-22(20-14-8-16-24(26)17-20)23-21(19-12-5-2-6-13-19)15-7-11-18-9-3-1-4-10-18/h1-6,8-10,12-14,16-17,21H,7,11,15H2,(H,23,25)/t21-/m0/s1. The van der Waals surface area contributed by atoms with Crippen LogP contribution in [0.25, 0.3) is 0 Å². The Morgan fingerprint density at radius 3 is 2.35 bits per heavy atom. The summed E-state index contributed by atoms with van der Waals surface area (Å²) in [5.41, 5.74) is 2.73. The van der Waals surface area contributed by atoms with Crippen LogP contribution in [0, 0.1) is 5.21 Å². The zero-order chi connectivity index (χ0) is 18.2. The number of hydrogen-bond donors (Lipinski definition) is 1. The summed E-state index contributed by atoms with van der Waals surface area (Å²) < 4.78 is 0.641. The smallest absolute Gasteiger partial charge is 0.257 e. The second-order valence-electron chi connectivity index (χ2n) is 6.27. The number of carbonyl (C=O) groups excluding carboxylic acids is 1. The fraction of sp³-hybridized carbons (Fsp3) is 0.182. The lowest BCUT2D eigenvalue weighted by Crippen LogP contribution is -2.32. The average Bonchev–Trinajstić information content (AvgIpc) is 2.68. The molecule has 1 heterocycles. The molecule has 0 aliphatic heterocycles. The molecule has 0 aliphatic rings. The molecule has 26 heavy (non-hydrogen) atoms. The van der Waals surface area contributed by atoms with Gasteiger partial charge in [0, 0.05) is 6.07 Å². The molecule has 1 amide bonds. The predicted molar refractivity (Wildman–Crippen MR) is 101 cm³/mol. The van der Waals surface area contributed by atoms with E-state index in [9.17, 15) is 10.0 Å². The van der Waals surface area contributed by atoms with Gasteiger partial charge in [-0.25, -0.2) is 0 Å². The minimum absolute atomic E-state index is 0.0901. The van der Waals surface area contributed by atoms with Crippen LogP contribution in [0.15, 0.2) is 85.2 Å². The molecule has 1 N–H and O–H groups in total. The molecule has 0 saturated carbocycles. The quantitative estimate of drug-likeness (QED) is 0.522. The van der Waals surface area contributed by atoms with Gasteiger partial charge in [-0.05, 0) is 36.5 Å². The zero-order valence-electron chi connectivity index (χ0n) is 14.5. The van der Waals surface area contributed by atoms with E-state index in [1.807, 2.05) is 48.5 Å². The lowest BCUT2D eigenvalue weighted by atomic mass is 9.98. The van der Waals surface area contributed by atoms with Gasteiger partial charge in [0.1, 0.15) is 5.56 Å². The normalized spacial score (nSPS) is 11.7. The maximum atomic E-state index is 12.6. The molecule has 3 aromatic rings. The van der Waals surface area contributed by atoms with Crippen LogP contribution in [-0.2, 0) is 6.42 Å². The van der Waals surface area contributed by atoms with Crippen molar-refractivity contribution in [3.63, 3.8) is 0 Å². The summed E-state index contributed by atoms with van der Waals surface area (Å²) in [6.07, 6.45) is 5.41. The van der Waals surface area contributed by atoms with Crippen LogP contribution >= 0.6 is 0 Å². The van der Waals surface area contributed by atoms with Crippen molar-refractivity contribution in [1.82, 2.24) is 5.32 Å². The van der Waals surface area contributed by atoms with Crippen molar-refractivity contribution in [3.05, 3.63) is 107 Å². The van der Waals surface area contributed by atoms with E-state index >= 15 is 0 Å². The second-order valence-corrected chi connectivity index (χ2v) is 6.27. The van der Waals surface area contributed by atoms with Crippen molar-refractivity contribution < 1.29 is 9.52 Å². The number of aryl methyl sites for hydroxylation is 1. The van der Waals surface area contributed by atoms with Gasteiger partial charge < -0.3 is 10.5 Å². The monoisotopic (exact) mass is 346 g/mol. The summed E-state index contributed by atoms with van der Waals surface area (Å²) in [6.45, 7) is 0. The van der Waals surface area contributed by atoms with Gasteiger partial charge in [-0.1, -0.05) is 60.7 Å². The fourth-order valence-electron chi connectivity index (χ4n) is 2.99. The molecule has 1 aromatic heterocycles. The van der Waals surface area contributed by atoms with Crippen molar-refractivity contribution in [2.75, 3.05) is 0 Å². The van der Waals surface area contributed by atoms with Crippen LogP contribution < -0.4 is 10.0 Å². The van der Waals surface area contributed by atoms with Gasteiger partial charge in [0.25, 0.3) is 5.91 Å². The first-order valence-electron chi connectivity index (χ1n) is 8.81. The molecule has 0 spiro atoms. The number of rotatable bonds is 7. The molecule has 4 nitrogen and oxygen atoms in total. The second kappa shape index (κ2) is 8.81. The molecule has 0 aliphatic carbocycles. The summed E-state index contributed by atoms with van der Waals surface area (Å²) >= 11 is 0. The number of amides is 1. The summed E-state index contributed by atoms with van der Waals surface area (Å²) in [5, 5.41) is 14.5. The topological polar surface area (TPSA) is 56.0 Å². The van der Waals surface area contributed by atoms with E-state index in [0.717, 1.165) is 24.8 Å². The van der Waals surface area contributed by atoms with E-state index < -0.39 is 0 Å². The van der Waals surface area contributed by atoms with Gasteiger partial charge in [-0.3, -0.25) is 4.79 Å². The van der Waals surface area contributed by atoms with Crippen LogP contribution in [0.5, 0.6) is 0 Å². The number of nitrogens with one attached hydrogen (secondary N) is 1. The number of carbonyl (C=O) groups is 1. The minimum Gasteiger partial charge on any atom is -0.619 e. The first-order chi connectivity index (χ1) is 12.7. The SMILES string of the molecule is O=C(N[C@@H](CCCc1ccccc1)c1ccccc1)c1ccc[n+]([O-])c1. The van der Waals surface area contributed by atoms with Crippen LogP contribution in [-0.4, -0.2) is 5.91 Å². The van der Waals surface area contributed by atoms with E-state index in [-0.39, 0.29) is 11.9 Å². The molecule has 0 saturated heterocycles. The molecular weight excluding hydrogens is 324 g/mol. The highest BCUT2D eigenvalue weighted by molar-refractivity contribution is 5.93. The number of aromatic nitrogens is 1. The van der Waals surface area contributed by atoms with E-state index in [1.54, 1.807) is 12.1 Å². The Morgan fingerprint density at radius 2 is 1.65 bits per heavy atom.